The Kier molecular flexibility index (Phi) is 6.07. The maximum atomic E-state index is 6.11. The fourth-order valence-electron chi connectivity index (χ4n) is 3.29. The standard InChI is InChI=1S/C18H31N3/c1-3-4-8-11-18(2,16-19)21-14-12-20(13-15-21)17-9-6-5-7-10-17/h5-7,9-10H,3-4,8,11-16,19H2,1-2H3. The number of hydrogen-bond acceptors (Lipinski definition) is 3. The lowest BCUT2D eigenvalue weighted by atomic mass is 9.91. The van der Waals surface area contributed by atoms with Crippen molar-refractivity contribution in [2.24, 2.45) is 5.73 Å². The first-order valence-corrected chi connectivity index (χ1v) is 8.45. The van der Waals surface area contributed by atoms with E-state index < -0.39 is 0 Å². The molecule has 3 nitrogen and oxygen atoms in total. The van der Waals surface area contributed by atoms with E-state index in [2.05, 4.69) is 54.0 Å². The van der Waals surface area contributed by atoms with E-state index in [-0.39, 0.29) is 5.54 Å². The quantitative estimate of drug-likeness (QED) is 0.783. The molecule has 118 valence electrons. The molecule has 1 fully saturated rings. The highest BCUT2D eigenvalue weighted by atomic mass is 15.3. The number of nitrogens with two attached hydrogens (primary N) is 1. The van der Waals surface area contributed by atoms with Crippen LogP contribution in [0.25, 0.3) is 0 Å². The molecule has 1 unspecified atom stereocenters. The zero-order valence-corrected chi connectivity index (χ0v) is 13.7. The molecule has 0 aromatic heterocycles. The summed E-state index contributed by atoms with van der Waals surface area (Å²) in [7, 11) is 0. The minimum absolute atomic E-state index is 0.179. The lowest BCUT2D eigenvalue weighted by Crippen LogP contribution is -2.58. The number of piperazine rings is 1. The predicted molar refractivity (Wildman–Crippen MR) is 91.8 cm³/mol. The lowest BCUT2D eigenvalue weighted by Gasteiger charge is -2.46. The second-order valence-electron chi connectivity index (χ2n) is 6.47. The van der Waals surface area contributed by atoms with Crippen LogP contribution >= 0.6 is 0 Å². The molecule has 1 aromatic rings. The Morgan fingerprint density at radius 2 is 1.71 bits per heavy atom. The van der Waals surface area contributed by atoms with E-state index >= 15 is 0 Å². The summed E-state index contributed by atoms with van der Waals surface area (Å²) in [6, 6.07) is 10.7. The summed E-state index contributed by atoms with van der Waals surface area (Å²) >= 11 is 0. The van der Waals surface area contributed by atoms with Crippen LogP contribution in [0.2, 0.25) is 0 Å². The topological polar surface area (TPSA) is 32.5 Å². The molecule has 0 saturated carbocycles. The largest absolute Gasteiger partial charge is 0.369 e. The van der Waals surface area contributed by atoms with Crippen LogP contribution in [0.1, 0.15) is 39.5 Å². The zero-order chi connectivity index (χ0) is 15.1. The molecule has 1 heterocycles. The van der Waals surface area contributed by atoms with Gasteiger partial charge in [0.25, 0.3) is 0 Å². The first-order chi connectivity index (χ1) is 10.2. The summed E-state index contributed by atoms with van der Waals surface area (Å²) in [5.41, 5.74) is 7.63. The lowest BCUT2D eigenvalue weighted by molar-refractivity contribution is 0.0916. The van der Waals surface area contributed by atoms with Crippen molar-refractivity contribution in [1.29, 1.82) is 0 Å². The number of para-hydroxylation sites is 1. The molecule has 1 aliphatic rings. The smallest absolute Gasteiger partial charge is 0.0367 e. The Bertz CT molecular complexity index is 398. The van der Waals surface area contributed by atoms with Crippen molar-refractivity contribution in [3.05, 3.63) is 30.3 Å². The van der Waals surface area contributed by atoms with Crippen molar-refractivity contribution in [1.82, 2.24) is 4.90 Å². The van der Waals surface area contributed by atoms with Gasteiger partial charge in [-0.2, -0.15) is 0 Å². The van der Waals surface area contributed by atoms with Crippen LogP contribution in [-0.4, -0.2) is 43.2 Å². The molecule has 0 amide bonds. The molecule has 0 bridgehead atoms. The molecule has 2 N–H and O–H groups in total. The number of rotatable bonds is 7. The van der Waals surface area contributed by atoms with Crippen molar-refractivity contribution in [2.45, 2.75) is 45.1 Å². The highest BCUT2D eigenvalue weighted by Crippen LogP contribution is 2.25. The van der Waals surface area contributed by atoms with E-state index in [0.29, 0.717) is 0 Å². The van der Waals surface area contributed by atoms with Crippen molar-refractivity contribution in [3.63, 3.8) is 0 Å². The molecule has 0 radical (unpaired) electrons. The second-order valence-corrected chi connectivity index (χ2v) is 6.47. The van der Waals surface area contributed by atoms with Gasteiger partial charge in [-0.3, -0.25) is 4.90 Å². The van der Waals surface area contributed by atoms with Gasteiger partial charge in [-0.25, -0.2) is 0 Å². The van der Waals surface area contributed by atoms with Crippen LogP contribution in [0.5, 0.6) is 0 Å². The van der Waals surface area contributed by atoms with Crippen LogP contribution < -0.4 is 10.6 Å². The highest BCUT2D eigenvalue weighted by molar-refractivity contribution is 5.46. The van der Waals surface area contributed by atoms with Gasteiger partial charge in [0.15, 0.2) is 0 Å². The third-order valence-corrected chi connectivity index (χ3v) is 4.92. The van der Waals surface area contributed by atoms with E-state index in [1.807, 2.05) is 0 Å². The first kappa shape index (κ1) is 16.3. The summed E-state index contributed by atoms with van der Waals surface area (Å²) in [5, 5.41) is 0. The highest BCUT2D eigenvalue weighted by Gasteiger charge is 2.32. The molecule has 1 atom stereocenters. The monoisotopic (exact) mass is 289 g/mol. The number of benzene rings is 1. The molecule has 1 aromatic carbocycles. The Balaban J connectivity index is 1.89. The van der Waals surface area contributed by atoms with Gasteiger partial charge in [-0.15, -0.1) is 0 Å². The summed E-state index contributed by atoms with van der Waals surface area (Å²) in [6.07, 6.45) is 5.12. The fourth-order valence-corrected chi connectivity index (χ4v) is 3.29. The molecule has 0 aliphatic carbocycles. The number of anilines is 1. The first-order valence-electron chi connectivity index (χ1n) is 8.45. The van der Waals surface area contributed by atoms with Crippen LogP contribution in [0, 0.1) is 0 Å². The number of unbranched alkanes of at least 4 members (excludes halogenated alkanes) is 2. The summed E-state index contributed by atoms with van der Waals surface area (Å²) in [6.45, 7) is 9.82. The maximum absolute atomic E-state index is 6.11. The molecular weight excluding hydrogens is 258 g/mol. The van der Waals surface area contributed by atoms with Crippen LogP contribution in [0.3, 0.4) is 0 Å². The SMILES string of the molecule is CCCCCC(C)(CN)N1CCN(c2ccccc2)CC1. The molecular formula is C18H31N3. The molecule has 0 spiro atoms. The number of hydrogen-bond donors (Lipinski definition) is 1. The van der Waals surface area contributed by atoms with Gasteiger partial charge in [-0.05, 0) is 25.5 Å². The maximum Gasteiger partial charge on any atom is 0.0367 e. The minimum Gasteiger partial charge on any atom is -0.369 e. The minimum atomic E-state index is 0.179. The van der Waals surface area contributed by atoms with Gasteiger partial charge in [0.1, 0.15) is 0 Å². The molecule has 1 saturated heterocycles. The van der Waals surface area contributed by atoms with E-state index in [1.165, 1.54) is 31.4 Å². The third-order valence-electron chi connectivity index (χ3n) is 4.92. The Hall–Kier alpha value is -1.06. The average molecular weight is 289 g/mol. The van der Waals surface area contributed by atoms with Gasteiger partial charge in [-0.1, -0.05) is 44.4 Å². The van der Waals surface area contributed by atoms with E-state index in [1.54, 1.807) is 0 Å². The molecule has 21 heavy (non-hydrogen) atoms. The van der Waals surface area contributed by atoms with Crippen molar-refractivity contribution in [3.8, 4) is 0 Å². The average Bonchev–Trinajstić information content (AvgIpc) is 2.56. The second kappa shape index (κ2) is 7.81. The Labute approximate surface area is 130 Å². The van der Waals surface area contributed by atoms with Crippen LogP contribution in [-0.2, 0) is 0 Å². The van der Waals surface area contributed by atoms with Gasteiger partial charge in [0.2, 0.25) is 0 Å². The van der Waals surface area contributed by atoms with Crippen LogP contribution in [0.15, 0.2) is 30.3 Å². The third kappa shape index (κ3) is 4.21. The molecule has 3 heteroatoms. The van der Waals surface area contributed by atoms with Crippen molar-refractivity contribution >= 4 is 5.69 Å². The van der Waals surface area contributed by atoms with E-state index in [4.69, 9.17) is 5.73 Å². The van der Waals surface area contributed by atoms with Crippen molar-refractivity contribution in [2.75, 3.05) is 37.6 Å². The Morgan fingerprint density at radius 1 is 1.05 bits per heavy atom. The zero-order valence-electron chi connectivity index (χ0n) is 13.7. The van der Waals surface area contributed by atoms with E-state index in [0.717, 1.165) is 32.7 Å². The van der Waals surface area contributed by atoms with Gasteiger partial charge < -0.3 is 10.6 Å². The number of nitrogens with zero attached hydrogens (tertiary/aromatic N) is 2. The fraction of sp³-hybridized carbons (Fsp3) is 0.667. The van der Waals surface area contributed by atoms with E-state index in [9.17, 15) is 0 Å². The van der Waals surface area contributed by atoms with Gasteiger partial charge in [0.05, 0.1) is 0 Å². The summed E-state index contributed by atoms with van der Waals surface area (Å²) in [4.78, 5) is 5.10. The molecule has 2 rings (SSSR count). The van der Waals surface area contributed by atoms with Gasteiger partial charge >= 0.3 is 0 Å². The summed E-state index contributed by atoms with van der Waals surface area (Å²) < 4.78 is 0. The summed E-state index contributed by atoms with van der Waals surface area (Å²) in [5.74, 6) is 0. The van der Waals surface area contributed by atoms with Crippen LogP contribution in [0.4, 0.5) is 5.69 Å². The Morgan fingerprint density at radius 3 is 2.29 bits per heavy atom. The van der Waals surface area contributed by atoms with Gasteiger partial charge in [0, 0.05) is 44.0 Å². The predicted octanol–water partition coefficient (Wildman–Crippen LogP) is 3.11. The normalized spacial score (nSPS) is 19.5. The van der Waals surface area contributed by atoms with Crippen molar-refractivity contribution < 1.29 is 0 Å². The molecule has 1 aliphatic heterocycles.